The van der Waals surface area contributed by atoms with Gasteiger partial charge in [-0.3, -0.25) is 0 Å². The van der Waals surface area contributed by atoms with E-state index in [1.54, 1.807) is 6.33 Å². The molecule has 0 saturated heterocycles. The number of aromatic nitrogens is 2. The van der Waals surface area contributed by atoms with E-state index in [9.17, 15) is 0 Å². The van der Waals surface area contributed by atoms with Crippen molar-refractivity contribution < 1.29 is 0 Å². The second kappa shape index (κ2) is 4.78. The largest absolute Gasteiger partial charge is 0.348 e. The average Bonchev–Trinajstić information content (AvgIpc) is 2.80. The van der Waals surface area contributed by atoms with Crippen LogP contribution in [-0.4, -0.2) is 9.97 Å². The molecule has 78 valence electrons. The normalized spacial score (nSPS) is 12.6. The Bertz CT molecular complexity index is 378. The summed E-state index contributed by atoms with van der Waals surface area (Å²) in [5, 5.41) is 0. The van der Waals surface area contributed by atoms with Gasteiger partial charge in [-0.15, -0.1) is 0 Å². The van der Waals surface area contributed by atoms with E-state index in [1.165, 1.54) is 17.7 Å². The van der Waals surface area contributed by atoms with E-state index >= 15 is 0 Å². The number of hydrogen-bond acceptors (Lipinski definition) is 1. The Morgan fingerprint density at radius 2 is 2.07 bits per heavy atom. The van der Waals surface area contributed by atoms with Gasteiger partial charge in [-0.05, 0) is 12.0 Å². The van der Waals surface area contributed by atoms with Crippen LogP contribution in [-0.2, 0) is 0 Å². The zero-order chi connectivity index (χ0) is 10.5. The van der Waals surface area contributed by atoms with Crippen LogP contribution >= 0.6 is 0 Å². The Labute approximate surface area is 90.4 Å². The maximum Gasteiger partial charge on any atom is 0.0921 e. The van der Waals surface area contributed by atoms with E-state index in [2.05, 4.69) is 47.2 Å². The summed E-state index contributed by atoms with van der Waals surface area (Å²) >= 11 is 0. The fraction of sp³-hybridized carbons (Fsp3) is 0.308. The highest BCUT2D eigenvalue weighted by molar-refractivity contribution is 5.27. The van der Waals surface area contributed by atoms with Crippen LogP contribution in [0.15, 0.2) is 42.9 Å². The minimum Gasteiger partial charge on any atom is -0.348 e. The summed E-state index contributed by atoms with van der Waals surface area (Å²) in [5.74, 6) is 0.457. The predicted molar refractivity (Wildman–Crippen MR) is 61.8 cm³/mol. The molecular weight excluding hydrogens is 184 g/mol. The zero-order valence-electron chi connectivity index (χ0n) is 8.98. The molecule has 15 heavy (non-hydrogen) atoms. The molecule has 0 amide bonds. The molecule has 0 fully saturated rings. The topological polar surface area (TPSA) is 28.7 Å². The second-order valence-electron chi connectivity index (χ2n) is 3.76. The first-order valence-electron chi connectivity index (χ1n) is 5.45. The molecule has 1 atom stereocenters. The lowest BCUT2D eigenvalue weighted by atomic mass is 9.92. The van der Waals surface area contributed by atoms with Gasteiger partial charge in [0.2, 0.25) is 0 Å². The fourth-order valence-electron chi connectivity index (χ4n) is 1.93. The molecule has 0 radical (unpaired) electrons. The van der Waals surface area contributed by atoms with Gasteiger partial charge >= 0.3 is 0 Å². The predicted octanol–water partition coefficient (Wildman–Crippen LogP) is 3.34. The molecule has 0 aliphatic carbocycles. The van der Waals surface area contributed by atoms with Crippen LogP contribution in [0.2, 0.25) is 0 Å². The number of imidazole rings is 1. The van der Waals surface area contributed by atoms with Gasteiger partial charge in [-0.1, -0.05) is 43.7 Å². The van der Waals surface area contributed by atoms with Gasteiger partial charge in [0.15, 0.2) is 0 Å². The molecule has 0 bridgehead atoms. The van der Waals surface area contributed by atoms with Gasteiger partial charge in [0.05, 0.1) is 6.33 Å². The van der Waals surface area contributed by atoms with Crippen molar-refractivity contribution >= 4 is 0 Å². The molecule has 2 nitrogen and oxygen atoms in total. The number of rotatable bonds is 4. The first-order chi connectivity index (χ1) is 7.42. The van der Waals surface area contributed by atoms with Crippen molar-refractivity contribution in [2.24, 2.45) is 0 Å². The molecule has 0 aliphatic rings. The quantitative estimate of drug-likeness (QED) is 0.805. The van der Waals surface area contributed by atoms with E-state index < -0.39 is 0 Å². The molecule has 1 aromatic carbocycles. The standard InChI is InChI=1S/C13H16N2/c1-2-6-12(13-9-14-10-15-13)11-7-4-3-5-8-11/h3-5,7-10,12H,2,6H2,1H3,(H,14,15)/t12-/m0/s1. The zero-order valence-corrected chi connectivity index (χ0v) is 8.98. The molecule has 0 saturated carbocycles. The first kappa shape index (κ1) is 9.97. The van der Waals surface area contributed by atoms with Crippen LogP contribution in [0, 0.1) is 0 Å². The highest BCUT2D eigenvalue weighted by atomic mass is 14.9. The summed E-state index contributed by atoms with van der Waals surface area (Å²) in [6.45, 7) is 2.21. The molecule has 0 aliphatic heterocycles. The summed E-state index contributed by atoms with van der Waals surface area (Å²) in [7, 11) is 0. The lowest BCUT2D eigenvalue weighted by Crippen LogP contribution is -2.00. The summed E-state index contributed by atoms with van der Waals surface area (Å²) in [6, 6.07) is 10.6. The van der Waals surface area contributed by atoms with Crippen molar-refractivity contribution in [1.29, 1.82) is 0 Å². The van der Waals surface area contributed by atoms with E-state index in [0.717, 1.165) is 6.42 Å². The summed E-state index contributed by atoms with van der Waals surface area (Å²) in [5.41, 5.74) is 2.58. The number of hydrogen-bond donors (Lipinski definition) is 1. The number of nitrogens with one attached hydrogen (secondary N) is 1. The third kappa shape index (κ3) is 2.27. The lowest BCUT2D eigenvalue weighted by molar-refractivity contribution is 0.684. The Hall–Kier alpha value is -1.57. The molecule has 2 rings (SSSR count). The minimum atomic E-state index is 0.457. The Morgan fingerprint density at radius 1 is 1.27 bits per heavy atom. The van der Waals surface area contributed by atoms with Crippen LogP contribution in [0.25, 0.3) is 0 Å². The molecule has 2 heteroatoms. The number of H-pyrrole nitrogens is 1. The average molecular weight is 200 g/mol. The van der Waals surface area contributed by atoms with Crippen LogP contribution < -0.4 is 0 Å². The lowest BCUT2D eigenvalue weighted by Gasteiger charge is -2.14. The fourth-order valence-corrected chi connectivity index (χ4v) is 1.93. The van der Waals surface area contributed by atoms with Crippen LogP contribution in [0.3, 0.4) is 0 Å². The SMILES string of the molecule is CCC[C@@H](c1ccccc1)c1cnc[nH]1. The first-order valence-corrected chi connectivity index (χ1v) is 5.45. The van der Waals surface area contributed by atoms with Crippen LogP contribution in [0.5, 0.6) is 0 Å². The van der Waals surface area contributed by atoms with Gasteiger partial charge in [0.1, 0.15) is 0 Å². The molecular formula is C13H16N2. The van der Waals surface area contributed by atoms with Gasteiger partial charge in [-0.2, -0.15) is 0 Å². The van der Waals surface area contributed by atoms with Crippen LogP contribution in [0.4, 0.5) is 0 Å². The van der Waals surface area contributed by atoms with E-state index in [-0.39, 0.29) is 0 Å². The second-order valence-corrected chi connectivity index (χ2v) is 3.76. The maximum atomic E-state index is 4.10. The van der Waals surface area contributed by atoms with E-state index in [1.807, 2.05) is 6.20 Å². The summed E-state index contributed by atoms with van der Waals surface area (Å²) in [6.07, 6.45) is 6.01. The van der Waals surface area contributed by atoms with E-state index in [4.69, 9.17) is 0 Å². The highest BCUT2D eigenvalue weighted by Gasteiger charge is 2.13. The highest BCUT2D eigenvalue weighted by Crippen LogP contribution is 2.26. The summed E-state index contributed by atoms with van der Waals surface area (Å²) in [4.78, 5) is 7.30. The van der Waals surface area contributed by atoms with Crippen LogP contribution in [0.1, 0.15) is 36.9 Å². The number of benzene rings is 1. The van der Waals surface area contributed by atoms with Gasteiger partial charge in [0, 0.05) is 17.8 Å². The van der Waals surface area contributed by atoms with Crippen molar-refractivity contribution in [1.82, 2.24) is 9.97 Å². The monoisotopic (exact) mass is 200 g/mol. The molecule has 1 heterocycles. The molecule has 2 aromatic rings. The van der Waals surface area contributed by atoms with Crippen molar-refractivity contribution in [3.05, 3.63) is 54.1 Å². The molecule has 1 aromatic heterocycles. The number of nitrogens with zero attached hydrogens (tertiary/aromatic N) is 1. The van der Waals surface area contributed by atoms with Gasteiger partial charge in [-0.25, -0.2) is 4.98 Å². The molecule has 0 unspecified atom stereocenters. The van der Waals surface area contributed by atoms with E-state index in [0.29, 0.717) is 5.92 Å². The summed E-state index contributed by atoms with van der Waals surface area (Å²) < 4.78 is 0. The Morgan fingerprint density at radius 3 is 2.67 bits per heavy atom. The molecule has 1 N–H and O–H groups in total. The molecule has 0 spiro atoms. The van der Waals surface area contributed by atoms with Crippen molar-refractivity contribution in [2.75, 3.05) is 0 Å². The number of aromatic amines is 1. The van der Waals surface area contributed by atoms with Gasteiger partial charge in [0.25, 0.3) is 0 Å². The van der Waals surface area contributed by atoms with Crippen molar-refractivity contribution in [3.63, 3.8) is 0 Å². The maximum absolute atomic E-state index is 4.10. The van der Waals surface area contributed by atoms with Gasteiger partial charge < -0.3 is 4.98 Å². The Balaban J connectivity index is 2.28. The smallest absolute Gasteiger partial charge is 0.0921 e. The Kier molecular flexibility index (Phi) is 3.18. The third-order valence-corrected chi connectivity index (χ3v) is 2.67. The van der Waals surface area contributed by atoms with Crippen molar-refractivity contribution in [3.8, 4) is 0 Å². The minimum absolute atomic E-state index is 0.457. The van der Waals surface area contributed by atoms with Crippen molar-refractivity contribution in [2.45, 2.75) is 25.7 Å². The third-order valence-electron chi connectivity index (χ3n) is 2.67.